The second-order valence-corrected chi connectivity index (χ2v) is 3.94. The highest BCUT2D eigenvalue weighted by molar-refractivity contribution is 5.92. The number of nitrogens with zero attached hydrogens (tertiary/aromatic N) is 3. The Bertz CT molecular complexity index is 367. The van der Waals surface area contributed by atoms with E-state index >= 15 is 0 Å². The molecule has 0 aliphatic heterocycles. The van der Waals surface area contributed by atoms with Gasteiger partial charge in [0.1, 0.15) is 11.5 Å². The second kappa shape index (κ2) is 6.83. The molecule has 0 atom stereocenters. The first-order valence-corrected chi connectivity index (χ1v) is 6.00. The van der Waals surface area contributed by atoms with Crippen molar-refractivity contribution < 1.29 is 4.79 Å². The quantitative estimate of drug-likeness (QED) is 0.818. The molecule has 0 aliphatic carbocycles. The summed E-state index contributed by atoms with van der Waals surface area (Å²) in [6.45, 7) is 5.67. The van der Waals surface area contributed by atoms with E-state index in [1.807, 2.05) is 6.92 Å². The third-order valence-electron chi connectivity index (χ3n) is 2.32. The normalized spacial score (nSPS) is 10.1. The molecule has 1 rings (SSSR count). The minimum absolute atomic E-state index is 0.0838. The Morgan fingerprint density at radius 3 is 2.76 bits per heavy atom. The van der Waals surface area contributed by atoms with E-state index in [4.69, 9.17) is 0 Å². The number of carbonyl (C=O) groups is 1. The number of aromatic nitrogens is 2. The maximum atomic E-state index is 12.0. The van der Waals surface area contributed by atoms with Crippen molar-refractivity contribution in [3.8, 4) is 0 Å². The molecule has 1 amide bonds. The fraction of sp³-hybridized carbons (Fsp3) is 0.583. The average molecular weight is 236 g/mol. The largest absolute Gasteiger partial charge is 0.369 e. The first-order chi connectivity index (χ1) is 8.19. The Balaban J connectivity index is 2.73. The fourth-order valence-electron chi connectivity index (χ4n) is 1.44. The van der Waals surface area contributed by atoms with Crippen LogP contribution in [0.25, 0.3) is 0 Å². The molecule has 0 aliphatic rings. The van der Waals surface area contributed by atoms with Crippen LogP contribution < -0.4 is 5.32 Å². The molecule has 0 bridgehead atoms. The lowest BCUT2D eigenvalue weighted by Crippen LogP contribution is -2.28. The van der Waals surface area contributed by atoms with Crippen molar-refractivity contribution in [3.63, 3.8) is 0 Å². The number of rotatable bonds is 6. The molecule has 0 spiro atoms. The number of anilines is 1. The molecule has 0 unspecified atom stereocenters. The number of carbonyl (C=O) groups excluding carboxylic acids is 1. The molecular weight excluding hydrogens is 216 g/mol. The first-order valence-electron chi connectivity index (χ1n) is 6.00. The van der Waals surface area contributed by atoms with Gasteiger partial charge in [-0.05, 0) is 12.8 Å². The minimum Gasteiger partial charge on any atom is -0.369 e. The predicted molar refractivity (Wildman–Crippen MR) is 68.1 cm³/mol. The summed E-state index contributed by atoms with van der Waals surface area (Å²) in [5.41, 5.74) is 0.391. The van der Waals surface area contributed by atoms with Gasteiger partial charge in [-0.15, -0.1) is 0 Å². The van der Waals surface area contributed by atoms with Crippen LogP contribution in [0.3, 0.4) is 0 Å². The monoisotopic (exact) mass is 236 g/mol. The van der Waals surface area contributed by atoms with E-state index in [9.17, 15) is 4.79 Å². The summed E-state index contributed by atoms with van der Waals surface area (Å²) in [6, 6.07) is 0. The Labute approximate surface area is 102 Å². The summed E-state index contributed by atoms with van der Waals surface area (Å²) in [7, 11) is 1.78. The molecule has 0 fully saturated rings. The van der Waals surface area contributed by atoms with E-state index in [0.717, 1.165) is 25.9 Å². The highest BCUT2D eigenvalue weighted by Gasteiger charge is 2.13. The second-order valence-electron chi connectivity index (χ2n) is 3.94. The number of amides is 1. The van der Waals surface area contributed by atoms with Crippen LogP contribution in [-0.4, -0.2) is 40.9 Å². The average Bonchev–Trinajstić information content (AvgIpc) is 2.36. The van der Waals surface area contributed by atoms with Crippen molar-refractivity contribution in [3.05, 3.63) is 18.1 Å². The lowest BCUT2D eigenvalue weighted by Gasteiger charge is -2.15. The lowest BCUT2D eigenvalue weighted by molar-refractivity contribution is 0.0789. The number of nitrogens with one attached hydrogen (secondary N) is 1. The standard InChI is InChI=1S/C12H20N4O/c1-4-6-14-11-9-13-8-10(15-11)12(17)16(3)7-5-2/h8-9H,4-7H2,1-3H3,(H,14,15). The van der Waals surface area contributed by atoms with Crippen LogP contribution in [-0.2, 0) is 0 Å². The summed E-state index contributed by atoms with van der Waals surface area (Å²) in [4.78, 5) is 21.9. The Morgan fingerprint density at radius 1 is 1.35 bits per heavy atom. The van der Waals surface area contributed by atoms with Crippen LogP contribution >= 0.6 is 0 Å². The molecule has 1 aromatic heterocycles. The van der Waals surface area contributed by atoms with Gasteiger partial charge in [0, 0.05) is 20.1 Å². The van der Waals surface area contributed by atoms with Gasteiger partial charge in [0.2, 0.25) is 0 Å². The van der Waals surface area contributed by atoms with Gasteiger partial charge >= 0.3 is 0 Å². The molecular formula is C12H20N4O. The molecule has 0 aromatic carbocycles. The molecule has 17 heavy (non-hydrogen) atoms. The van der Waals surface area contributed by atoms with Crippen molar-refractivity contribution >= 4 is 11.7 Å². The van der Waals surface area contributed by atoms with Crippen LogP contribution in [0.15, 0.2) is 12.4 Å². The van der Waals surface area contributed by atoms with Crippen LogP contribution in [0.4, 0.5) is 5.82 Å². The molecule has 5 heteroatoms. The highest BCUT2D eigenvalue weighted by atomic mass is 16.2. The van der Waals surface area contributed by atoms with Gasteiger partial charge in [-0.25, -0.2) is 4.98 Å². The number of hydrogen-bond donors (Lipinski definition) is 1. The van der Waals surface area contributed by atoms with Gasteiger partial charge in [0.05, 0.1) is 12.4 Å². The molecule has 0 saturated heterocycles. The Hall–Kier alpha value is -1.65. The molecule has 0 saturated carbocycles. The topological polar surface area (TPSA) is 58.1 Å². The summed E-state index contributed by atoms with van der Waals surface area (Å²) < 4.78 is 0. The zero-order valence-electron chi connectivity index (χ0n) is 10.7. The van der Waals surface area contributed by atoms with E-state index in [0.29, 0.717) is 11.5 Å². The van der Waals surface area contributed by atoms with Crippen molar-refractivity contribution in [1.29, 1.82) is 0 Å². The molecule has 1 N–H and O–H groups in total. The fourth-order valence-corrected chi connectivity index (χ4v) is 1.44. The lowest BCUT2D eigenvalue weighted by atomic mass is 10.3. The molecule has 94 valence electrons. The Kier molecular flexibility index (Phi) is 5.39. The van der Waals surface area contributed by atoms with Crippen molar-refractivity contribution in [2.45, 2.75) is 26.7 Å². The summed E-state index contributed by atoms with van der Waals surface area (Å²) in [6.07, 6.45) is 5.08. The van der Waals surface area contributed by atoms with E-state index in [-0.39, 0.29) is 5.91 Å². The van der Waals surface area contributed by atoms with Crippen LogP contribution in [0.5, 0.6) is 0 Å². The zero-order chi connectivity index (χ0) is 12.7. The van der Waals surface area contributed by atoms with Crippen LogP contribution in [0.2, 0.25) is 0 Å². The summed E-state index contributed by atoms with van der Waals surface area (Å²) in [5, 5.41) is 3.12. The van der Waals surface area contributed by atoms with Crippen LogP contribution in [0.1, 0.15) is 37.2 Å². The molecule has 1 aromatic rings. The van der Waals surface area contributed by atoms with Gasteiger partial charge < -0.3 is 10.2 Å². The third kappa shape index (κ3) is 4.01. The third-order valence-corrected chi connectivity index (χ3v) is 2.32. The maximum Gasteiger partial charge on any atom is 0.273 e. The number of hydrogen-bond acceptors (Lipinski definition) is 4. The van der Waals surface area contributed by atoms with Gasteiger partial charge in [0.15, 0.2) is 0 Å². The van der Waals surface area contributed by atoms with E-state index in [1.165, 1.54) is 6.20 Å². The van der Waals surface area contributed by atoms with Crippen molar-refractivity contribution in [2.75, 3.05) is 25.5 Å². The van der Waals surface area contributed by atoms with Gasteiger partial charge in [-0.3, -0.25) is 9.78 Å². The van der Waals surface area contributed by atoms with Crippen LogP contribution in [0, 0.1) is 0 Å². The molecule has 1 heterocycles. The first kappa shape index (κ1) is 13.4. The summed E-state index contributed by atoms with van der Waals surface area (Å²) in [5.74, 6) is 0.571. The zero-order valence-corrected chi connectivity index (χ0v) is 10.7. The van der Waals surface area contributed by atoms with Gasteiger partial charge in [-0.1, -0.05) is 13.8 Å². The smallest absolute Gasteiger partial charge is 0.273 e. The predicted octanol–water partition coefficient (Wildman–Crippen LogP) is 1.78. The maximum absolute atomic E-state index is 12.0. The molecule has 0 radical (unpaired) electrons. The SMILES string of the molecule is CCCNc1cncc(C(=O)N(C)CCC)n1. The Morgan fingerprint density at radius 2 is 2.12 bits per heavy atom. The highest BCUT2D eigenvalue weighted by Crippen LogP contribution is 2.05. The van der Waals surface area contributed by atoms with Crippen molar-refractivity contribution in [1.82, 2.24) is 14.9 Å². The van der Waals surface area contributed by atoms with Gasteiger partial charge in [-0.2, -0.15) is 0 Å². The van der Waals surface area contributed by atoms with E-state index < -0.39 is 0 Å². The van der Waals surface area contributed by atoms with Gasteiger partial charge in [0.25, 0.3) is 5.91 Å². The van der Waals surface area contributed by atoms with Crippen molar-refractivity contribution in [2.24, 2.45) is 0 Å². The molecule has 5 nitrogen and oxygen atoms in total. The van der Waals surface area contributed by atoms with E-state index in [1.54, 1.807) is 18.1 Å². The van der Waals surface area contributed by atoms with E-state index in [2.05, 4.69) is 22.2 Å². The minimum atomic E-state index is -0.0838. The summed E-state index contributed by atoms with van der Waals surface area (Å²) >= 11 is 0.